The van der Waals surface area contributed by atoms with Crippen molar-refractivity contribution < 1.29 is 17.6 Å². The van der Waals surface area contributed by atoms with Crippen LogP contribution in [0.5, 0.6) is 0 Å². The highest BCUT2D eigenvalue weighted by Crippen LogP contribution is 2.51. The molecule has 4 atom stereocenters. The molecule has 3 aliphatic rings. The van der Waals surface area contributed by atoms with Crippen LogP contribution in [-0.4, -0.2) is 51.5 Å². The van der Waals surface area contributed by atoms with E-state index in [2.05, 4.69) is 60.3 Å². The molecule has 3 unspecified atom stereocenters. The van der Waals surface area contributed by atoms with Gasteiger partial charge in [0.2, 0.25) is 11.8 Å². The minimum atomic E-state index is -3.67. The zero-order chi connectivity index (χ0) is 34.0. The van der Waals surface area contributed by atoms with Crippen molar-refractivity contribution in [3.63, 3.8) is 0 Å². The number of hydrogen-bond donors (Lipinski definition) is 1. The van der Waals surface area contributed by atoms with Gasteiger partial charge in [-0.15, -0.1) is 21.5 Å². The predicted molar refractivity (Wildman–Crippen MR) is 190 cm³/mol. The maximum atomic E-state index is 14.2. The van der Waals surface area contributed by atoms with E-state index in [9.17, 15) is 8.42 Å². The number of ether oxygens (including phenoxy) is 1. The van der Waals surface area contributed by atoms with Crippen LogP contribution in [0.3, 0.4) is 0 Å². The van der Waals surface area contributed by atoms with Crippen molar-refractivity contribution >= 4 is 37.1 Å². The molecule has 12 heteroatoms. The van der Waals surface area contributed by atoms with Crippen molar-refractivity contribution in [1.29, 1.82) is 0 Å². The van der Waals surface area contributed by atoms with Crippen LogP contribution in [0, 0.1) is 18.8 Å². The summed E-state index contributed by atoms with van der Waals surface area (Å²) < 4.78 is 41.6. The average Bonchev–Trinajstić information content (AvgIpc) is 3.84. The zero-order valence-electron chi connectivity index (χ0n) is 28.6. The average molecular weight is 699 g/mol. The van der Waals surface area contributed by atoms with Crippen molar-refractivity contribution in [3.8, 4) is 21.9 Å². The van der Waals surface area contributed by atoms with E-state index in [1.807, 2.05) is 24.5 Å². The molecule has 1 N–H and O–H groups in total. The van der Waals surface area contributed by atoms with Gasteiger partial charge in [0.25, 0.3) is 0 Å². The van der Waals surface area contributed by atoms with Gasteiger partial charge in [-0.3, -0.25) is 9.97 Å². The van der Waals surface area contributed by atoms with Gasteiger partial charge in [0.05, 0.1) is 50.5 Å². The molecule has 1 aliphatic carbocycles. The van der Waals surface area contributed by atoms with E-state index in [0.29, 0.717) is 45.8 Å². The first kappa shape index (κ1) is 32.5. The smallest absolute Gasteiger partial charge is 0.250 e. The molecule has 0 saturated carbocycles. The topological polar surface area (TPSA) is 133 Å². The molecule has 0 aromatic carbocycles. The molecule has 8 rings (SSSR count). The zero-order valence-corrected chi connectivity index (χ0v) is 30.2. The Kier molecular flexibility index (Phi) is 8.31. The Bertz CT molecular complexity index is 2150. The van der Waals surface area contributed by atoms with Gasteiger partial charge in [-0.05, 0) is 93.4 Å². The SMILES string of the molecule is Cc1nnc(-c2c(CCC3CC(C)OC(C)C3)nc3c(c2-c2cc4ccnc(NC5CCc6ncccc65)c4s2)S(=O)(=O)C[C@@H]3C(C)C)o1. The first-order valence-corrected chi connectivity index (χ1v) is 19.9. The molecular weight excluding hydrogens is 657 g/mol. The molecular formula is C37H42N6O4S2. The monoisotopic (exact) mass is 698 g/mol. The number of aryl methyl sites for hydroxylation is 3. The second kappa shape index (κ2) is 12.5. The Morgan fingerprint density at radius 2 is 1.88 bits per heavy atom. The van der Waals surface area contributed by atoms with E-state index in [0.717, 1.165) is 64.3 Å². The predicted octanol–water partition coefficient (Wildman–Crippen LogP) is 7.87. The van der Waals surface area contributed by atoms with Gasteiger partial charge >= 0.3 is 0 Å². The maximum absolute atomic E-state index is 14.2. The fraction of sp³-hybridized carbons (Fsp3) is 0.486. The molecule has 0 spiro atoms. The lowest BCUT2D eigenvalue weighted by Crippen LogP contribution is -2.29. The normalized spacial score (nSPS) is 24.4. The van der Waals surface area contributed by atoms with Gasteiger partial charge < -0.3 is 14.5 Å². The number of pyridine rings is 3. The molecule has 5 aromatic rings. The third-order valence-electron chi connectivity index (χ3n) is 10.4. The quantitative estimate of drug-likeness (QED) is 0.171. The third-order valence-corrected chi connectivity index (χ3v) is 13.4. The van der Waals surface area contributed by atoms with Crippen molar-refractivity contribution in [1.82, 2.24) is 25.1 Å². The Balaban J connectivity index is 1.30. The number of nitrogens with one attached hydrogen (secondary N) is 1. The van der Waals surface area contributed by atoms with E-state index in [-0.39, 0.29) is 35.8 Å². The third kappa shape index (κ3) is 5.95. The van der Waals surface area contributed by atoms with Crippen molar-refractivity contribution in [2.75, 3.05) is 11.1 Å². The van der Waals surface area contributed by atoms with Gasteiger partial charge in [-0.1, -0.05) is 19.9 Å². The van der Waals surface area contributed by atoms with Gasteiger partial charge in [0.15, 0.2) is 9.84 Å². The number of thiophene rings is 1. The van der Waals surface area contributed by atoms with Crippen LogP contribution in [0.2, 0.25) is 0 Å². The molecule has 0 radical (unpaired) electrons. The van der Waals surface area contributed by atoms with E-state index in [1.54, 1.807) is 18.3 Å². The van der Waals surface area contributed by atoms with E-state index in [1.165, 1.54) is 5.56 Å². The lowest BCUT2D eigenvalue weighted by molar-refractivity contribution is -0.0533. The number of fused-ring (bicyclic) bond motifs is 3. The molecule has 0 bridgehead atoms. The summed E-state index contributed by atoms with van der Waals surface area (Å²) in [6.45, 7) is 10.2. The number of aromatic nitrogens is 5. The molecule has 5 aromatic heterocycles. The van der Waals surface area contributed by atoms with Crippen LogP contribution in [-0.2, 0) is 27.4 Å². The van der Waals surface area contributed by atoms with Crippen molar-refractivity contribution in [2.24, 2.45) is 11.8 Å². The molecule has 7 heterocycles. The Hall–Kier alpha value is -3.74. The number of anilines is 1. The summed E-state index contributed by atoms with van der Waals surface area (Å²) in [5.41, 5.74) is 5.05. The van der Waals surface area contributed by atoms with Crippen LogP contribution in [0.15, 0.2) is 46.0 Å². The second-order valence-electron chi connectivity index (χ2n) is 14.4. The van der Waals surface area contributed by atoms with Crippen LogP contribution >= 0.6 is 11.3 Å². The van der Waals surface area contributed by atoms with Gasteiger partial charge in [0, 0.05) is 41.4 Å². The summed E-state index contributed by atoms with van der Waals surface area (Å²) in [7, 11) is -3.67. The largest absolute Gasteiger partial charge is 0.421 e. The molecule has 2 aliphatic heterocycles. The fourth-order valence-electron chi connectivity index (χ4n) is 8.19. The molecule has 10 nitrogen and oxygen atoms in total. The summed E-state index contributed by atoms with van der Waals surface area (Å²) in [4.78, 5) is 15.7. The maximum Gasteiger partial charge on any atom is 0.250 e. The number of sulfone groups is 1. The standard InChI is InChI=1S/C37H42N6O4S2/c1-19(2)26-18-49(44,45)35-32(30-17-24-12-14-39-36(34(24)48-30)41-28-11-10-27-25(28)7-6-13-38-27)31(37-43-42-22(5)47-37)29(40-33(26)35)9-8-23-15-20(3)46-21(4)16-23/h6-7,12-14,17,19-21,23,26,28H,8-11,15-16,18H2,1-5H3,(H,39,41)/t20?,21?,23?,26-,28?/m1/s1. The lowest BCUT2D eigenvalue weighted by atomic mass is 9.86. The van der Waals surface area contributed by atoms with Gasteiger partial charge in [-0.25, -0.2) is 13.4 Å². The highest BCUT2D eigenvalue weighted by molar-refractivity contribution is 7.92. The van der Waals surface area contributed by atoms with Crippen LogP contribution in [0.1, 0.15) is 93.9 Å². The van der Waals surface area contributed by atoms with E-state index in [4.69, 9.17) is 19.1 Å². The molecule has 49 heavy (non-hydrogen) atoms. The highest BCUT2D eigenvalue weighted by atomic mass is 32.2. The number of rotatable bonds is 8. The van der Waals surface area contributed by atoms with Crippen LogP contribution in [0.4, 0.5) is 5.82 Å². The summed E-state index contributed by atoms with van der Waals surface area (Å²) in [5.74, 6) is 1.91. The summed E-state index contributed by atoms with van der Waals surface area (Å²) in [6.07, 6.45) is 9.46. The van der Waals surface area contributed by atoms with Crippen LogP contribution in [0.25, 0.3) is 32.0 Å². The first-order chi connectivity index (χ1) is 23.6. The minimum Gasteiger partial charge on any atom is -0.421 e. The minimum absolute atomic E-state index is 0.0368. The first-order valence-electron chi connectivity index (χ1n) is 17.4. The fourth-order valence-corrected chi connectivity index (χ4v) is 11.6. The van der Waals surface area contributed by atoms with E-state index >= 15 is 0 Å². The number of hydrogen-bond acceptors (Lipinski definition) is 11. The van der Waals surface area contributed by atoms with Gasteiger partial charge in [0.1, 0.15) is 5.82 Å². The van der Waals surface area contributed by atoms with Crippen molar-refractivity contribution in [3.05, 3.63) is 65.2 Å². The molecule has 1 fully saturated rings. The summed E-state index contributed by atoms with van der Waals surface area (Å²) in [5, 5.41) is 13.3. The molecule has 1 saturated heterocycles. The summed E-state index contributed by atoms with van der Waals surface area (Å²) >= 11 is 1.55. The van der Waals surface area contributed by atoms with Gasteiger partial charge in [-0.2, -0.15) is 0 Å². The Morgan fingerprint density at radius 3 is 2.63 bits per heavy atom. The van der Waals surface area contributed by atoms with E-state index < -0.39 is 9.84 Å². The second-order valence-corrected chi connectivity index (χ2v) is 17.4. The lowest BCUT2D eigenvalue weighted by Gasteiger charge is -2.32. The van der Waals surface area contributed by atoms with Crippen LogP contribution < -0.4 is 5.32 Å². The Morgan fingerprint density at radius 1 is 1.06 bits per heavy atom. The molecule has 0 amide bonds. The molecule has 256 valence electrons. The summed E-state index contributed by atoms with van der Waals surface area (Å²) in [6, 6.07) is 8.28. The van der Waals surface area contributed by atoms with Crippen molar-refractivity contribution in [2.45, 2.75) is 102 Å². The Labute approximate surface area is 291 Å². The number of nitrogens with zero attached hydrogens (tertiary/aromatic N) is 5. The highest BCUT2D eigenvalue weighted by Gasteiger charge is 2.43.